The van der Waals surface area contributed by atoms with E-state index in [1.54, 1.807) is 7.11 Å². The minimum Gasteiger partial charge on any atom is -0.383 e. The molecule has 1 aliphatic heterocycles. The smallest absolute Gasteiger partial charge is 0.0589 e. The predicted octanol–water partition coefficient (Wildman–Crippen LogP) is 1.49. The highest BCUT2D eigenvalue weighted by molar-refractivity contribution is 4.90. The van der Waals surface area contributed by atoms with Gasteiger partial charge in [0.15, 0.2) is 0 Å². The van der Waals surface area contributed by atoms with E-state index < -0.39 is 0 Å². The van der Waals surface area contributed by atoms with Crippen molar-refractivity contribution in [2.75, 3.05) is 33.4 Å². The van der Waals surface area contributed by atoms with E-state index in [4.69, 9.17) is 4.74 Å². The third-order valence-electron chi connectivity index (χ3n) is 3.65. The maximum atomic E-state index is 5.17. The number of ether oxygens (including phenoxy) is 1. The zero-order valence-corrected chi connectivity index (χ0v) is 10.7. The fourth-order valence-corrected chi connectivity index (χ4v) is 2.17. The van der Waals surface area contributed by atoms with E-state index in [1.165, 1.54) is 12.8 Å². The third kappa shape index (κ3) is 3.74. The van der Waals surface area contributed by atoms with E-state index in [1.807, 2.05) is 0 Å². The van der Waals surface area contributed by atoms with Gasteiger partial charge < -0.3 is 10.1 Å². The summed E-state index contributed by atoms with van der Waals surface area (Å²) in [5.41, 5.74) is 0.276. The number of hydrogen-bond acceptors (Lipinski definition) is 3. The van der Waals surface area contributed by atoms with Crippen LogP contribution in [-0.2, 0) is 4.74 Å². The molecule has 0 aromatic heterocycles. The van der Waals surface area contributed by atoms with Gasteiger partial charge in [-0.15, -0.1) is 0 Å². The van der Waals surface area contributed by atoms with Crippen molar-refractivity contribution in [1.82, 2.24) is 10.2 Å². The molecule has 2 unspecified atom stereocenters. The van der Waals surface area contributed by atoms with Gasteiger partial charge in [0.25, 0.3) is 0 Å². The lowest BCUT2D eigenvalue weighted by atomic mass is 9.98. The van der Waals surface area contributed by atoms with Crippen LogP contribution in [0.2, 0.25) is 0 Å². The van der Waals surface area contributed by atoms with E-state index in [2.05, 4.69) is 31.0 Å². The molecule has 3 nitrogen and oxygen atoms in total. The van der Waals surface area contributed by atoms with Crippen molar-refractivity contribution in [3.8, 4) is 0 Å². The normalized spacial score (nSPS) is 34.0. The predicted molar refractivity (Wildman–Crippen MR) is 64.2 cm³/mol. The maximum Gasteiger partial charge on any atom is 0.0589 e. The van der Waals surface area contributed by atoms with Gasteiger partial charge in [0.1, 0.15) is 0 Å². The monoisotopic (exact) mass is 214 g/mol. The van der Waals surface area contributed by atoms with E-state index in [-0.39, 0.29) is 5.54 Å². The number of methoxy groups -OCH3 is 1. The van der Waals surface area contributed by atoms with Crippen LogP contribution in [0.3, 0.4) is 0 Å². The Morgan fingerprint density at radius 1 is 1.53 bits per heavy atom. The van der Waals surface area contributed by atoms with Gasteiger partial charge in [0, 0.05) is 31.8 Å². The average Bonchev–Trinajstić information content (AvgIpc) is 2.37. The second-order valence-electron chi connectivity index (χ2n) is 4.94. The molecule has 2 atom stereocenters. The van der Waals surface area contributed by atoms with Gasteiger partial charge in [0.2, 0.25) is 0 Å². The number of nitrogens with zero attached hydrogens (tertiary/aromatic N) is 1. The van der Waals surface area contributed by atoms with Crippen LogP contribution in [0.5, 0.6) is 0 Å². The van der Waals surface area contributed by atoms with Gasteiger partial charge in [-0.05, 0) is 33.2 Å². The Balaban J connectivity index is 2.56. The van der Waals surface area contributed by atoms with Gasteiger partial charge in [-0.25, -0.2) is 0 Å². The van der Waals surface area contributed by atoms with Crippen molar-refractivity contribution in [3.63, 3.8) is 0 Å². The van der Waals surface area contributed by atoms with Gasteiger partial charge in [-0.2, -0.15) is 0 Å². The second-order valence-corrected chi connectivity index (χ2v) is 4.94. The van der Waals surface area contributed by atoms with Crippen LogP contribution in [-0.4, -0.2) is 49.8 Å². The summed E-state index contributed by atoms with van der Waals surface area (Å²) in [7, 11) is 1.78. The molecule has 0 radical (unpaired) electrons. The lowest BCUT2D eigenvalue weighted by Gasteiger charge is -2.34. The van der Waals surface area contributed by atoms with Crippen LogP contribution < -0.4 is 5.32 Å². The van der Waals surface area contributed by atoms with E-state index in [9.17, 15) is 0 Å². The molecule has 3 heteroatoms. The number of hydrogen-bond donors (Lipinski definition) is 1. The zero-order valence-electron chi connectivity index (χ0n) is 10.7. The Kier molecular flexibility index (Phi) is 5.03. The highest BCUT2D eigenvalue weighted by Gasteiger charge is 2.29. The summed E-state index contributed by atoms with van der Waals surface area (Å²) < 4.78 is 5.17. The fourth-order valence-electron chi connectivity index (χ4n) is 2.17. The standard InChI is InChI=1S/C12H26N2O/c1-5-12(3)10-14(8-9-15-4)11(2)6-7-13-12/h11,13H,5-10H2,1-4H3. The minimum absolute atomic E-state index is 0.276. The van der Waals surface area contributed by atoms with Crippen LogP contribution in [0, 0.1) is 0 Å². The summed E-state index contributed by atoms with van der Waals surface area (Å²) in [6.07, 6.45) is 2.42. The van der Waals surface area contributed by atoms with Crippen molar-refractivity contribution in [1.29, 1.82) is 0 Å². The summed E-state index contributed by atoms with van der Waals surface area (Å²) in [5, 5.41) is 3.66. The van der Waals surface area contributed by atoms with E-state index >= 15 is 0 Å². The Morgan fingerprint density at radius 2 is 2.27 bits per heavy atom. The quantitative estimate of drug-likeness (QED) is 0.767. The molecule has 0 aromatic rings. The summed E-state index contributed by atoms with van der Waals surface area (Å²) in [6, 6.07) is 0.668. The van der Waals surface area contributed by atoms with Crippen molar-refractivity contribution in [2.45, 2.75) is 45.2 Å². The molecule has 0 aromatic carbocycles. The average molecular weight is 214 g/mol. The third-order valence-corrected chi connectivity index (χ3v) is 3.65. The van der Waals surface area contributed by atoms with Crippen LogP contribution in [0.4, 0.5) is 0 Å². The highest BCUT2D eigenvalue weighted by atomic mass is 16.5. The van der Waals surface area contributed by atoms with Gasteiger partial charge in [0.05, 0.1) is 6.61 Å². The molecule has 0 spiro atoms. The fraction of sp³-hybridized carbons (Fsp3) is 1.00. The summed E-state index contributed by atoms with van der Waals surface area (Å²) in [4.78, 5) is 2.55. The molecule has 0 amide bonds. The molecule has 15 heavy (non-hydrogen) atoms. The molecule has 0 bridgehead atoms. The van der Waals surface area contributed by atoms with Crippen molar-refractivity contribution in [2.24, 2.45) is 0 Å². The zero-order chi connectivity index (χ0) is 11.3. The lowest BCUT2D eigenvalue weighted by Crippen LogP contribution is -2.50. The van der Waals surface area contributed by atoms with Crippen molar-refractivity contribution >= 4 is 0 Å². The molecule has 1 aliphatic rings. The molecule has 1 rings (SSSR count). The molecule has 1 fully saturated rings. The first-order valence-electron chi connectivity index (χ1n) is 6.09. The first kappa shape index (κ1) is 12.9. The van der Waals surface area contributed by atoms with Crippen LogP contribution >= 0.6 is 0 Å². The number of rotatable bonds is 4. The molecule has 1 heterocycles. The first-order chi connectivity index (χ1) is 7.11. The highest BCUT2D eigenvalue weighted by Crippen LogP contribution is 2.18. The molecule has 0 aliphatic carbocycles. The largest absolute Gasteiger partial charge is 0.383 e. The van der Waals surface area contributed by atoms with Crippen LogP contribution in [0.15, 0.2) is 0 Å². The van der Waals surface area contributed by atoms with Gasteiger partial charge in [-0.3, -0.25) is 4.90 Å². The van der Waals surface area contributed by atoms with Gasteiger partial charge in [-0.1, -0.05) is 6.92 Å². The summed E-state index contributed by atoms with van der Waals surface area (Å²) >= 11 is 0. The summed E-state index contributed by atoms with van der Waals surface area (Å²) in [5.74, 6) is 0. The molecule has 1 N–H and O–H groups in total. The minimum atomic E-state index is 0.276. The van der Waals surface area contributed by atoms with E-state index in [0.29, 0.717) is 6.04 Å². The molecule has 0 saturated carbocycles. The number of nitrogens with one attached hydrogen (secondary N) is 1. The Labute approximate surface area is 94.2 Å². The topological polar surface area (TPSA) is 24.5 Å². The SMILES string of the molecule is CCC1(C)CN(CCOC)C(C)CCN1. The first-order valence-corrected chi connectivity index (χ1v) is 6.09. The second kappa shape index (κ2) is 5.83. The van der Waals surface area contributed by atoms with Gasteiger partial charge >= 0.3 is 0 Å². The Morgan fingerprint density at radius 3 is 2.87 bits per heavy atom. The van der Waals surface area contributed by atoms with Crippen LogP contribution in [0.25, 0.3) is 0 Å². The molecule has 1 saturated heterocycles. The van der Waals surface area contributed by atoms with Crippen molar-refractivity contribution in [3.05, 3.63) is 0 Å². The Hall–Kier alpha value is -0.120. The van der Waals surface area contributed by atoms with Crippen molar-refractivity contribution < 1.29 is 4.74 Å². The molecular formula is C12H26N2O. The maximum absolute atomic E-state index is 5.17. The van der Waals surface area contributed by atoms with E-state index in [0.717, 1.165) is 26.2 Å². The lowest BCUT2D eigenvalue weighted by molar-refractivity contribution is 0.110. The molecule has 90 valence electrons. The Bertz CT molecular complexity index is 186. The van der Waals surface area contributed by atoms with Crippen LogP contribution in [0.1, 0.15) is 33.6 Å². The molecular weight excluding hydrogens is 188 g/mol. The summed E-state index contributed by atoms with van der Waals surface area (Å²) in [6.45, 7) is 11.1.